The molecular formula is C25H21Br3N2O5S. The van der Waals surface area contributed by atoms with Crippen LogP contribution in [0.1, 0.15) is 31.0 Å². The Morgan fingerprint density at radius 2 is 1.89 bits per heavy atom. The number of carbonyl (C=O) groups is 1. The van der Waals surface area contributed by atoms with Gasteiger partial charge in [0.2, 0.25) is 0 Å². The minimum absolute atomic E-state index is 0.205. The number of hydrogen-bond acceptors (Lipinski definition) is 7. The van der Waals surface area contributed by atoms with Crippen molar-refractivity contribution in [3.8, 4) is 11.5 Å². The van der Waals surface area contributed by atoms with Gasteiger partial charge in [-0.25, -0.2) is 9.79 Å². The van der Waals surface area contributed by atoms with E-state index in [9.17, 15) is 9.59 Å². The van der Waals surface area contributed by atoms with E-state index in [1.807, 2.05) is 24.3 Å². The topological polar surface area (TPSA) is 79.1 Å². The van der Waals surface area contributed by atoms with Crippen molar-refractivity contribution in [3.63, 3.8) is 0 Å². The van der Waals surface area contributed by atoms with Crippen LogP contribution >= 0.6 is 59.1 Å². The Labute approximate surface area is 236 Å². The maximum absolute atomic E-state index is 13.8. The van der Waals surface area contributed by atoms with Gasteiger partial charge in [-0.2, -0.15) is 0 Å². The smallest absolute Gasteiger partial charge is 0.338 e. The van der Waals surface area contributed by atoms with Crippen LogP contribution in [0.25, 0.3) is 6.08 Å². The number of thiazole rings is 1. The van der Waals surface area contributed by atoms with Crippen LogP contribution in [0.3, 0.4) is 0 Å². The first-order valence-electron chi connectivity index (χ1n) is 10.8. The predicted molar refractivity (Wildman–Crippen MR) is 149 cm³/mol. The van der Waals surface area contributed by atoms with E-state index in [0.29, 0.717) is 42.1 Å². The van der Waals surface area contributed by atoms with Gasteiger partial charge in [0.1, 0.15) is 11.5 Å². The lowest BCUT2D eigenvalue weighted by Gasteiger charge is -2.25. The Morgan fingerprint density at radius 3 is 2.53 bits per heavy atom. The van der Waals surface area contributed by atoms with Gasteiger partial charge in [0.05, 0.1) is 51.6 Å². The summed E-state index contributed by atoms with van der Waals surface area (Å²) in [6.07, 6.45) is 1.77. The van der Waals surface area contributed by atoms with Crippen LogP contribution in [0.5, 0.6) is 11.5 Å². The molecule has 0 saturated carbocycles. The molecule has 1 atom stereocenters. The third-order valence-corrected chi connectivity index (χ3v) is 8.19. The van der Waals surface area contributed by atoms with Crippen molar-refractivity contribution in [2.45, 2.75) is 19.9 Å². The highest BCUT2D eigenvalue weighted by Crippen LogP contribution is 2.35. The molecule has 0 bridgehead atoms. The molecule has 0 aliphatic carbocycles. The largest absolute Gasteiger partial charge is 0.496 e. The van der Waals surface area contributed by atoms with Crippen molar-refractivity contribution >= 4 is 71.2 Å². The van der Waals surface area contributed by atoms with Crippen LogP contribution < -0.4 is 24.4 Å². The number of aromatic nitrogens is 1. The molecular weight excluding hydrogens is 680 g/mol. The van der Waals surface area contributed by atoms with Crippen molar-refractivity contribution in [1.82, 2.24) is 4.57 Å². The molecule has 1 aliphatic rings. The highest BCUT2D eigenvalue weighted by molar-refractivity contribution is 9.11. The molecule has 1 aromatic heterocycles. The summed E-state index contributed by atoms with van der Waals surface area (Å²) in [4.78, 5) is 32.0. The molecule has 11 heteroatoms. The lowest BCUT2D eigenvalue weighted by atomic mass is 9.96. The first kappa shape index (κ1) is 26.8. The van der Waals surface area contributed by atoms with E-state index in [2.05, 4.69) is 52.8 Å². The number of nitrogens with zero attached hydrogens (tertiary/aromatic N) is 2. The summed E-state index contributed by atoms with van der Waals surface area (Å²) in [7, 11) is 3.15. The van der Waals surface area contributed by atoms with E-state index in [1.54, 1.807) is 44.8 Å². The Bertz CT molecular complexity index is 1580. The average Bonchev–Trinajstić information content (AvgIpc) is 3.12. The zero-order valence-corrected chi connectivity index (χ0v) is 25.3. The fourth-order valence-corrected chi connectivity index (χ4v) is 7.02. The highest BCUT2D eigenvalue weighted by Gasteiger charge is 2.33. The van der Waals surface area contributed by atoms with Gasteiger partial charge in [0, 0.05) is 10.0 Å². The molecule has 0 fully saturated rings. The van der Waals surface area contributed by atoms with Gasteiger partial charge in [-0.3, -0.25) is 9.36 Å². The van der Waals surface area contributed by atoms with Crippen molar-refractivity contribution in [2.75, 3.05) is 20.8 Å². The number of ether oxygens (including phenoxy) is 3. The lowest BCUT2D eigenvalue weighted by molar-refractivity contribution is -0.139. The lowest BCUT2D eigenvalue weighted by Crippen LogP contribution is -2.40. The van der Waals surface area contributed by atoms with Gasteiger partial charge in [-0.05, 0) is 81.6 Å². The average molecular weight is 701 g/mol. The fraction of sp³-hybridized carbons (Fsp3) is 0.240. The molecule has 0 radical (unpaired) electrons. The quantitative estimate of drug-likeness (QED) is 0.335. The van der Waals surface area contributed by atoms with E-state index >= 15 is 0 Å². The van der Waals surface area contributed by atoms with Crippen LogP contribution in [-0.4, -0.2) is 31.4 Å². The van der Waals surface area contributed by atoms with Crippen molar-refractivity contribution < 1.29 is 19.0 Å². The van der Waals surface area contributed by atoms with Crippen LogP contribution in [0, 0.1) is 0 Å². The minimum atomic E-state index is -0.721. The molecule has 7 nitrogen and oxygen atoms in total. The Hall–Kier alpha value is -2.21. The number of esters is 1. The van der Waals surface area contributed by atoms with Crippen LogP contribution in [0.4, 0.5) is 0 Å². The van der Waals surface area contributed by atoms with Gasteiger partial charge in [0.15, 0.2) is 4.80 Å². The normalized spacial score (nSPS) is 15.4. The number of halogens is 3. The summed E-state index contributed by atoms with van der Waals surface area (Å²) in [6.45, 7) is 3.70. The maximum Gasteiger partial charge on any atom is 0.338 e. The summed E-state index contributed by atoms with van der Waals surface area (Å²) in [5.41, 5.74) is 1.98. The Morgan fingerprint density at radius 1 is 1.14 bits per heavy atom. The van der Waals surface area contributed by atoms with Crippen LogP contribution in [0.2, 0.25) is 0 Å². The summed E-state index contributed by atoms with van der Waals surface area (Å²) in [6, 6.07) is 8.48. The van der Waals surface area contributed by atoms with Crippen molar-refractivity contribution in [3.05, 3.63) is 85.8 Å². The zero-order chi connectivity index (χ0) is 26.1. The molecule has 0 saturated heterocycles. The molecule has 4 rings (SSSR count). The summed E-state index contributed by atoms with van der Waals surface area (Å²) in [5.74, 6) is 0.725. The van der Waals surface area contributed by atoms with Gasteiger partial charge in [-0.15, -0.1) is 0 Å². The molecule has 1 aliphatic heterocycles. The zero-order valence-electron chi connectivity index (χ0n) is 19.7. The molecule has 0 spiro atoms. The van der Waals surface area contributed by atoms with E-state index < -0.39 is 12.0 Å². The monoisotopic (exact) mass is 698 g/mol. The van der Waals surface area contributed by atoms with Gasteiger partial charge in [-0.1, -0.05) is 33.3 Å². The molecule has 0 N–H and O–H groups in total. The molecule has 2 heterocycles. The number of carbonyl (C=O) groups excluding carboxylic acids is 1. The SMILES string of the molecule is CCOC(=O)C1=C(C)N=c2s/c(=C/c3cc(Br)cc(Br)c3OC)c(=O)n2[C@H]1c1ccc(OC)c(Br)c1. The number of fused-ring (bicyclic) bond motifs is 1. The van der Waals surface area contributed by atoms with Gasteiger partial charge >= 0.3 is 5.97 Å². The van der Waals surface area contributed by atoms with Gasteiger partial charge in [0.25, 0.3) is 5.56 Å². The predicted octanol–water partition coefficient (Wildman–Crippen LogP) is 5.10. The number of methoxy groups -OCH3 is 2. The summed E-state index contributed by atoms with van der Waals surface area (Å²) in [5, 5.41) is 0. The first-order chi connectivity index (χ1) is 17.2. The third kappa shape index (κ3) is 4.98. The fourth-order valence-electron chi connectivity index (χ4n) is 4.00. The highest BCUT2D eigenvalue weighted by atomic mass is 79.9. The molecule has 2 aromatic carbocycles. The van der Waals surface area contributed by atoms with Gasteiger partial charge < -0.3 is 14.2 Å². The minimum Gasteiger partial charge on any atom is -0.496 e. The molecule has 36 heavy (non-hydrogen) atoms. The second-order valence-electron chi connectivity index (χ2n) is 7.71. The molecule has 3 aromatic rings. The number of hydrogen-bond donors (Lipinski definition) is 0. The number of rotatable bonds is 6. The van der Waals surface area contributed by atoms with Crippen LogP contribution in [-0.2, 0) is 9.53 Å². The molecule has 0 unspecified atom stereocenters. The number of benzene rings is 2. The Kier molecular flexibility index (Phi) is 8.23. The van der Waals surface area contributed by atoms with E-state index in [0.717, 1.165) is 14.5 Å². The third-order valence-electron chi connectivity index (χ3n) is 5.54. The van der Waals surface area contributed by atoms with E-state index in [1.165, 1.54) is 11.3 Å². The summed E-state index contributed by atoms with van der Waals surface area (Å²) < 4.78 is 20.5. The second-order valence-corrected chi connectivity index (χ2v) is 11.3. The molecule has 188 valence electrons. The maximum atomic E-state index is 13.8. The van der Waals surface area contributed by atoms with Crippen molar-refractivity contribution in [2.24, 2.45) is 4.99 Å². The summed E-state index contributed by atoms with van der Waals surface area (Å²) >= 11 is 11.8. The van der Waals surface area contributed by atoms with Crippen molar-refractivity contribution in [1.29, 1.82) is 0 Å². The van der Waals surface area contributed by atoms with E-state index in [4.69, 9.17) is 14.2 Å². The standard InChI is InChI=1S/C25H21Br3N2O5S/c1-5-35-24(32)20-12(2)29-25-30(21(20)13-6-7-18(33-3)16(27)9-13)23(31)19(36-25)10-14-8-15(26)11-17(28)22(14)34-4/h6-11,21H,5H2,1-4H3/b19-10+/t21-/m0/s1. The molecule has 0 amide bonds. The van der Waals surface area contributed by atoms with Crippen LogP contribution in [0.15, 0.2) is 64.8 Å². The second kappa shape index (κ2) is 11.0. The first-order valence-corrected chi connectivity index (χ1v) is 14.0. The number of allylic oxidation sites excluding steroid dienone is 1. The van der Waals surface area contributed by atoms with E-state index in [-0.39, 0.29) is 12.2 Å². The Balaban J connectivity index is 2.00.